The molecular formula is C28H28FNO6. The van der Waals surface area contributed by atoms with Gasteiger partial charge in [0.25, 0.3) is 11.8 Å². The maximum atomic E-state index is 15.3. The van der Waals surface area contributed by atoms with Gasteiger partial charge in [0, 0.05) is 10.8 Å². The second-order valence-corrected chi connectivity index (χ2v) is 8.61. The number of carbonyl (C=O) groups is 3. The third kappa shape index (κ3) is 4.17. The van der Waals surface area contributed by atoms with Crippen molar-refractivity contribution in [2.75, 3.05) is 18.1 Å². The average Bonchev–Trinajstić information content (AvgIpc) is 3.11. The first-order valence-corrected chi connectivity index (χ1v) is 12.1. The van der Waals surface area contributed by atoms with Crippen molar-refractivity contribution in [3.8, 4) is 11.5 Å². The predicted molar refractivity (Wildman–Crippen MR) is 134 cm³/mol. The van der Waals surface area contributed by atoms with E-state index in [0.29, 0.717) is 36.8 Å². The molecule has 1 aliphatic heterocycles. The number of carbonyl (C=O) groups excluding carboxylic acids is 2. The quantitative estimate of drug-likeness (QED) is 0.352. The molecule has 0 aliphatic carbocycles. The molecule has 1 aliphatic rings. The minimum absolute atomic E-state index is 0.0405. The number of aliphatic carboxylic acids is 1. The molecule has 2 amide bonds. The minimum Gasteiger partial charge on any atom is -0.492 e. The summed E-state index contributed by atoms with van der Waals surface area (Å²) >= 11 is 0. The number of fused-ring (bicyclic) bond motifs is 2. The topological polar surface area (TPSA) is 93.1 Å². The zero-order valence-electron chi connectivity index (χ0n) is 20.5. The molecule has 1 unspecified atom stereocenters. The Morgan fingerprint density at radius 2 is 1.44 bits per heavy atom. The van der Waals surface area contributed by atoms with Crippen molar-refractivity contribution in [2.24, 2.45) is 0 Å². The number of amides is 2. The van der Waals surface area contributed by atoms with Crippen LogP contribution in [0.15, 0.2) is 42.5 Å². The number of benzene rings is 3. The molecule has 0 saturated carbocycles. The molecular weight excluding hydrogens is 465 g/mol. The van der Waals surface area contributed by atoms with E-state index in [2.05, 4.69) is 0 Å². The van der Waals surface area contributed by atoms with Gasteiger partial charge >= 0.3 is 5.97 Å². The Morgan fingerprint density at radius 1 is 0.917 bits per heavy atom. The lowest BCUT2D eigenvalue weighted by Crippen LogP contribution is -2.30. The number of ether oxygens (including phenoxy) is 2. The van der Waals surface area contributed by atoms with Crippen LogP contribution in [-0.4, -0.2) is 36.1 Å². The van der Waals surface area contributed by atoms with Crippen molar-refractivity contribution < 1.29 is 33.4 Å². The summed E-state index contributed by atoms with van der Waals surface area (Å²) in [6, 6.07) is 11.0. The van der Waals surface area contributed by atoms with E-state index in [-0.39, 0.29) is 40.3 Å². The van der Waals surface area contributed by atoms with E-state index in [1.807, 2.05) is 13.8 Å². The Bertz CT molecular complexity index is 1290. The number of rotatable bonds is 10. The van der Waals surface area contributed by atoms with Gasteiger partial charge in [0.1, 0.15) is 17.3 Å². The first-order chi connectivity index (χ1) is 17.3. The van der Waals surface area contributed by atoms with Crippen LogP contribution in [0.3, 0.4) is 0 Å². The van der Waals surface area contributed by atoms with Gasteiger partial charge in [-0.15, -0.1) is 0 Å². The summed E-state index contributed by atoms with van der Waals surface area (Å²) in [4.78, 5) is 39.7. The lowest BCUT2D eigenvalue weighted by atomic mass is 9.96. The molecule has 1 N–H and O–H groups in total. The van der Waals surface area contributed by atoms with E-state index in [0.717, 1.165) is 11.0 Å². The van der Waals surface area contributed by atoms with Crippen molar-refractivity contribution in [2.45, 2.75) is 46.0 Å². The van der Waals surface area contributed by atoms with Gasteiger partial charge in [-0.25, -0.2) is 9.29 Å². The molecule has 7 nitrogen and oxygen atoms in total. The van der Waals surface area contributed by atoms with Gasteiger partial charge in [-0.3, -0.25) is 14.4 Å². The van der Waals surface area contributed by atoms with Crippen LogP contribution in [0.4, 0.5) is 10.1 Å². The highest BCUT2D eigenvalue weighted by atomic mass is 19.1. The summed E-state index contributed by atoms with van der Waals surface area (Å²) in [5.74, 6) is -3.74. The molecule has 1 atom stereocenters. The SMILES string of the molecule is CCCOc1c2c(c(OCCC)c3ccccc13)C(=O)N(c1ccc(C(CC)C(=O)O)cc1F)C2=O. The number of nitrogens with zero attached hydrogens (tertiary/aromatic N) is 1. The average molecular weight is 494 g/mol. The van der Waals surface area contributed by atoms with Crippen LogP contribution >= 0.6 is 0 Å². The van der Waals surface area contributed by atoms with E-state index >= 15 is 4.39 Å². The number of hydrogen-bond acceptors (Lipinski definition) is 5. The van der Waals surface area contributed by atoms with Gasteiger partial charge in [-0.2, -0.15) is 0 Å². The Balaban J connectivity index is 1.91. The smallest absolute Gasteiger partial charge is 0.310 e. The highest BCUT2D eigenvalue weighted by molar-refractivity contribution is 6.38. The number of hydrogen-bond donors (Lipinski definition) is 1. The van der Waals surface area contributed by atoms with Crippen LogP contribution in [0.1, 0.15) is 72.2 Å². The van der Waals surface area contributed by atoms with Crippen molar-refractivity contribution in [3.05, 3.63) is 65.0 Å². The molecule has 0 bridgehead atoms. The van der Waals surface area contributed by atoms with Crippen LogP contribution in [0.25, 0.3) is 10.8 Å². The zero-order chi connectivity index (χ0) is 26.0. The first kappa shape index (κ1) is 25.2. The number of halogens is 1. The fourth-order valence-corrected chi connectivity index (χ4v) is 4.50. The fourth-order valence-electron chi connectivity index (χ4n) is 4.50. The highest BCUT2D eigenvalue weighted by Crippen LogP contribution is 2.46. The summed E-state index contributed by atoms with van der Waals surface area (Å²) < 4.78 is 27.3. The van der Waals surface area contributed by atoms with E-state index < -0.39 is 29.5 Å². The molecule has 0 fully saturated rings. The predicted octanol–water partition coefficient (Wildman–Crippen LogP) is 5.94. The number of anilines is 1. The summed E-state index contributed by atoms with van der Waals surface area (Å²) in [6.45, 7) is 6.19. The summed E-state index contributed by atoms with van der Waals surface area (Å²) in [7, 11) is 0. The first-order valence-electron chi connectivity index (χ1n) is 12.1. The molecule has 8 heteroatoms. The summed E-state index contributed by atoms with van der Waals surface area (Å²) in [5, 5.41) is 10.7. The normalized spacial score (nSPS) is 13.7. The van der Waals surface area contributed by atoms with Gasteiger partial charge in [0.15, 0.2) is 0 Å². The molecule has 3 aromatic carbocycles. The largest absolute Gasteiger partial charge is 0.492 e. The second-order valence-electron chi connectivity index (χ2n) is 8.61. The molecule has 0 spiro atoms. The van der Waals surface area contributed by atoms with Crippen molar-refractivity contribution in [1.82, 2.24) is 0 Å². The fraction of sp³-hybridized carbons (Fsp3) is 0.321. The molecule has 0 aromatic heterocycles. The van der Waals surface area contributed by atoms with Crippen molar-refractivity contribution in [1.29, 1.82) is 0 Å². The van der Waals surface area contributed by atoms with Crippen LogP contribution in [0.2, 0.25) is 0 Å². The van der Waals surface area contributed by atoms with Gasteiger partial charge in [-0.1, -0.05) is 51.1 Å². The lowest BCUT2D eigenvalue weighted by molar-refractivity contribution is -0.138. The zero-order valence-corrected chi connectivity index (χ0v) is 20.5. The van der Waals surface area contributed by atoms with E-state index in [1.165, 1.54) is 12.1 Å². The molecule has 1 heterocycles. The molecule has 36 heavy (non-hydrogen) atoms. The van der Waals surface area contributed by atoms with Gasteiger partial charge in [0.2, 0.25) is 0 Å². The Kier molecular flexibility index (Phi) is 7.24. The molecule has 0 radical (unpaired) electrons. The molecule has 188 valence electrons. The number of imide groups is 1. The minimum atomic E-state index is -1.08. The third-order valence-electron chi connectivity index (χ3n) is 6.18. The van der Waals surface area contributed by atoms with Gasteiger partial charge < -0.3 is 14.6 Å². The van der Waals surface area contributed by atoms with Crippen molar-refractivity contribution >= 4 is 34.2 Å². The summed E-state index contributed by atoms with van der Waals surface area (Å²) in [5.41, 5.74) is 0.0852. The van der Waals surface area contributed by atoms with Crippen LogP contribution in [-0.2, 0) is 4.79 Å². The molecule has 3 aromatic rings. The van der Waals surface area contributed by atoms with E-state index in [9.17, 15) is 19.5 Å². The van der Waals surface area contributed by atoms with Crippen LogP contribution in [0.5, 0.6) is 11.5 Å². The Morgan fingerprint density at radius 3 is 1.86 bits per heavy atom. The highest BCUT2D eigenvalue weighted by Gasteiger charge is 2.44. The second kappa shape index (κ2) is 10.4. The molecule has 0 saturated heterocycles. The van der Waals surface area contributed by atoms with Crippen LogP contribution in [0, 0.1) is 5.82 Å². The maximum absolute atomic E-state index is 15.3. The Labute approximate surface area is 208 Å². The van der Waals surface area contributed by atoms with Gasteiger partial charge in [0.05, 0.1) is 35.9 Å². The Hall–Kier alpha value is -3.94. The monoisotopic (exact) mass is 493 g/mol. The number of carboxylic acids is 1. The van der Waals surface area contributed by atoms with E-state index in [1.54, 1.807) is 31.2 Å². The lowest BCUT2D eigenvalue weighted by Gasteiger charge is -2.17. The number of carboxylic acid groups (broad SMARTS) is 1. The van der Waals surface area contributed by atoms with Gasteiger partial charge in [-0.05, 0) is 37.0 Å². The van der Waals surface area contributed by atoms with Crippen molar-refractivity contribution in [3.63, 3.8) is 0 Å². The standard InChI is InChI=1S/C28H28FNO6/c1-4-13-35-24-18-9-7-8-10-19(18)25(36-14-5-2)23-22(24)26(31)30(27(23)32)21-12-11-16(15-20(21)29)17(6-3)28(33)34/h7-12,15,17H,4-6,13-14H2,1-3H3,(H,33,34). The van der Waals surface area contributed by atoms with Crippen LogP contribution < -0.4 is 14.4 Å². The molecule has 4 rings (SSSR count). The summed E-state index contributed by atoms with van der Waals surface area (Å²) in [6.07, 6.45) is 1.63. The maximum Gasteiger partial charge on any atom is 0.310 e. The van der Waals surface area contributed by atoms with E-state index in [4.69, 9.17) is 9.47 Å². The third-order valence-corrected chi connectivity index (χ3v) is 6.18.